The minimum atomic E-state index is -4.25. The Balaban J connectivity index is 3.38. The summed E-state index contributed by atoms with van der Waals surface area (Å²) in [5.74, 6) is -0.192. The van der Waals surface area contributed by atoms with E-state index in [0.717, 1.165) is 18.2 Å². The van der Waals surface area contributed by atoms with Gasteiger partial charge in [0, 0.05) is 0 Å². The van der Waals surface area contributed by atoms with Crippen molar-refractivity contribution in [1.82, 2.24) is 0 Å². The average molecular weight is 201 g/mol. The first-order chi connectivity index (χ1) is 5.95. The van der Waals surface area contributed by atoms with Crippen molar-refractivity contribution < 1.29 is 18.1 Å². The first-order valence-corrected chi connectivity index (χ1v) is 4.66. The van der Waals surface area contributed by atoms with Gasteiger partial charge in [0.25, 0.3) is 10.1 Å². The summed E-state index contributed by atoms with van der Waals surface area (Å²) in [6.45, 7) is 3.13. The van der Waals surface area contributed by atoms with Gasteiger partial charge in [0.05, 0.1) is 4.90 Å². The highest BCUT2D eigenvalue weighted by molar-refractivity contribution is 7.85. The summed E-state index contributed by atoms with van der Waals surface area (Å²) < 4.78 is 29.9. The van der Waals surface area contributed by atoms with Crippen LogP contribution in [-0.2, 0) is 10.1 Å². The van der Waals surface area contributed by atoms with Crippen LogP contribution in [0.25, 0.3) is 0 Å². The van der Waals surface area contributed by atoms with Gasteiger partial charge in [0.15, 0.2) is 0 Å². The lowest BCUT2D eigenvalue weighted by molar-refractivity contribution is 0.474. The summed E-state index contributed by atoms with van der Waals surface area (Å²) in [6, 6.07) is 3.21. The fourth-order valence-corrected chi connectivity index (χ4v) is 1.29. The van der Waals surface area contributed by atoms with Crippen molar-refractivity contribution in [2.75, 3.05) is 0 Å². The molecule has 0 aliphatic rings. The molecule has 0 bridgehead atoms. The maximum atomic E-state index is 10.6. The topological polar surface area (TPSA) is 87.0 Å². The van der Waals surface area contributed by atoms with Crippen molar-refractivity contribution in [2.45, 2.75) is 4.90 Å². The van der Waals surface area contributed by atoms with Crippen LogP contribution >= 0.6 is 0 Å². The van der Waals surface area contributed by atoms with E-state index in [0.29, 0.717) is 0 Å². The molecule has 0 aliphatic carbocycles. The molecular weight excluding hydrogens is 194 g/mol. The van der Waals surface area contributed by atoms with Crippen LogP contribution in [0, 0.1) is 0 Å². The molecule has 1 aromatic rings. The third-order valence-electron chi connectivity index (χ3n) is 1.42. The second-order valence-electron chi connectivity index (χ2n) is 2.28. The predicted molar refractivity (Wildman–Crippen MR) is 47.1 cm³/mol. The van der Waals surface area contributed by atoms with E-state index in [4.69, 9.17) is 9.66 Å². The van der Waals surface area contributed by atoms with Crippen LogP contribution < -0.4 is 0 Å². The first-order valence-electron chi connectivity index (χ1n) is 3.22. The fourth-order valence-electron chi connectivity index (χ4n) is 0.790. The van der Waals surface area contributed by atoms with Gasteiger partial charge < -0.3 is 5.11 Å². The number of aromatic hydroxyl groups is 1. The summed E-state index contributed by atoms with van der Waals surface area (Å²) in [4.78, 5) is 3.04. The molecule has 0 saturated heterocycles. The quantitative estimate of drug-likeness (QED) is 0.551. The predicted octanol–water partition coefficient (Wildman–Crippen LogP) is 0.971. The van der Waals surface area contributed by atoms with Crippen LogP contribution in [0.15, 0.2) is 28.1 Å². The molecule has 0 heterocycles. The Kier molecular flexibility index (Phi) is 2.35. The molecule has 0 fully saturated rings. The van der Waals surface area contributed by atoms with E-state index in [1.807, 2.05) is 0 Å². The largest absolute Gasteiger partial charge is 0.506 e. The zero-order chi connectivity index (χ0) is 10.1. The molecule has 0 unspecified atom stereocenters. The van der Waals surface area contributed by atoms with E-state index in [9.17, 15) is 8.42 Å². The normalized spacial score (nSPS) is 11.2. The minimum Gasteiger partial charge on any atom is -0.506 e. The lowest BCUT2D eigenvalue weighted by atomic mass is 10.3. The number of hydrogen-bond donors (Lipinski definition) is 2. The van der Waals surface area contributed by atoms with Gasteiger partial charge in [-0.25, -0.2) is 0 Å². The molecule has 1 aromatic carbocycles. The smallest absolute Gasteiger partial charge is 0.294 e. The van der Waals surface area contributed by atoms with E-state index < -0.39 is 10.1 Å². The molecule has 13 heavy (non-hydrogen) atoms. The molecule has 70 valence electrons. The van der Waals surface area contributed by atoms with Crippen molar-refractivity contribution in [1.29, 1.82) is 0 Å². The summed E-state index contributed by atoms with van der Waals surface area (Å²) in [6.07, 6.45) is 0. The van der Waals surface area contributed by atoms with Gasteiger partial charge in [-0.15, -0.1) is 0 Å². The van der Waals surface area contributed by atoms with Crippen LogP contribution in [0.3, 0.4) is 0 Å². The van der Waals surface area contributed by atoms with E-state index in [1.54, 1.807) is 0 Å². The van der Waals surface area contributed by atoms with Gasteiger partial charge in [-0.1, -0.05) is 0 Å². The molecule has 0 atom stereocenters. The third kappa shape index (κ3) is 2.04. The Morgan fingerprint density at radius 1 is 1.38 bits per heavy atom. The van der Waals surface area contributed by atoms with Gasteiger partial charge in [0.1, 0.15) is 11.4 Å². The average Bonchev–Trinajstić information content (AvgIpc) is 2.03. The number of hydrogen-bond acceptors (Lipinski definition) is 4. The summed E-state index contributed by atoms with van der Waals surface area (Å²) in [5.41, 5.74) is 0.00938. The molecule has 2 N–H and O–H groups in total. The monoisotopic (exact) mass is 201 g/mol. The van der Waals surface area contributed by atoms with Crippen LogP contribution in [0.2, 0.25) is 0 Å². The van der Waals surface area contributed by atoms with Gasteiger partial charge in [0.2, 0.25) is 0 Å². The molecule has 0 aliphatic heterocycles. The molecule has 0 aromatic heterocycles. The minimum absolute atomic E-state index is 0.00938. The lowest BCUT2D eigenvalue weighted by Gasteiger charge is -2.00. The molecule has 0 amide bonds. The van der Waals surface area contributed by atoms with Gasteiger partial charge in [-0.2, -0.15) is 8.42 Å². The van der Waals surface area contributed by atoms with Crippen molar-refractivity contribution in [2.24, 2.45) is 4.99 Å². The second kappa shape index (κ2) is 3.15. The molecule has 0 spiro atoms. The van der Waals surface area contributed by atoms with Gasteiger partial charge in [-0.05, 0) is 24.9 Å². The zero-order valence-electron chi connectivity index (χ0n) is 6.51. The highest BCUT2D eigenvalue weighted by atomic mass is 32.2. The maximum absolute atomic E-state index is 10.6. The van der Waals surface area contributed by atoms with Crippen LogP contribution in [-0.4, -0.2) is 24.8 Å². The maximum Gasteiger partial charge on any atom is 0.294 e. The fraction of sp³-hybridized carbons (Fsp3) is 0. The molecule has 1 rings (SSSR count). The molecule has 0 saturated carbocycles. The summed E-state index contributed by atoms with van der Waals surface area (Å²) in [5, 5.41) is 9.09. The molecule has 6 heteroatoms. The Labute approximate surface area is 75.1 Å². The number of rotatable bonds is 2. The molecule has 5 nitrogen and oxygen atoms in total. The lowest BCUT2D eigenvalue weighted by Crippen LogP contribution is -1.96. The van der Waals surface area contributed by atoms with Crippen molar-refractivity contribution in [3.05, 3.63) is 18.2 Å². The second-order valence-corrected chi connectivity index (χ2v) is 3.71. The highest BCUT2D eigenvalue weighted by Gasteiger charge is 2.11. The summed E-state index contributed by atoms with van der Waals surface area (Å²) >= 11 is 0. The van der Waals surface area contributed by atoms with E-state index in [2.05, 4.69) is 11.7 Å². The third-order valence-corrected chi connectivity index (χ3v) is 2.26. The Morgan fingerprint density at radius 3 is 2.46 bits per heavy atom. The van der Waals surface area contributed by atoms with Crippen LogP contribution in [0.1, 0.15) is 0 Å². The number of phenols is 1. The van der Waals surface area contributed by atoms with Crippen molar-refractivity contribution in [3.63, 3.8) is 0 Å². The van der Waals surface area contributed by atoms with E-state index >= 15 is 0 Å². The van der Waals surface area contributed by atoms with Gasteiger partial charge >= 0.3 is 0 Å². The highest BCUT2D eigenvalue weighted by Crippen LogP contribution is 2.28. The standard InChI is InChI=1S/C7H7NO4S/c1-8-6-4-5(13(10,11)12)2-3-7(6)9/h2-4,9H,1H2,(H,10,11,12). The molecular formula is C7H7NO4S. The number of benzene rings is 1. The number of aliphatic imine (C=N–C) groups is 1. The Morgan fingerprint density at radius 2 is 2.00 bits per heavy atom. The Hall–Kier alpha value is -1.40. The van der Waals surface area contributed by atoms with E-state index in [1.165, 1.54) is 0 Å². The van der Waals surface area contributed by atoms with Crippen molar-refractivity contribution in [3.8, 4) is 5.75 Å². The SMILES string of the molecule is C=Nc1cc(S(=O)(=O)O)ccc1O. The number of nitrogens with zero attached hydrogens (tertiary/aromatic N) is 1. The molecule has 0 radical (unpaired) electrons. The van der Waals surface area contributed by atoms with Crippen molar-refractivity contribution >= 4 is 22.5 Å². The van der Waals surface area contributed by atoms with Crippen LogP contribution in [0.4, 0.5) is 5.69 Å². The zero-order valence-corrected chi connectivity index (χ0v) is 7.32. The Bertz CT molecular complexity index is 438. The van der Waals surface area contributed by atoms with E-state index in [-0.39, 0.29) is 16.3 Å². The number of phenolic OH excluding ortho intramolecular Hbond substituents is 1. The van der Waals surface area contributed by atoms with Crippen LogP contribution in [0.5, 0.6) is 5.75 Å². The first kappa shape index (κ1) is 9.69. The van der Waals surface area contributed by atoms with Gasteiger partial charge in [-0.3, -0.25) is 9.55 Å². The summed E-state index contributed by atoms with van der Waals surface area (Å²) in [7, 11) is -4.25.